The number of nitrogens with zero attached hydrogens (tertiary/aromatic N) is 3. The average molecular weight is 206 g/mol. The minimum absolute atomic E-state index is 0.0259. The minimum atomic E-state index is 0.0259. The van der Waals surface area contributed by atoms with Crippen molar-refractivity contribution in [2.45, 2.75) is 13.0 Å². The third-order valence-electron chi connectivity index (χ3n) is 1.75. The van der Waals surface area contributed by atoms with E-state index in [2.05, 4.69) is 15.0 Å². The van der Waals surface area contributed by atoms with Crippen LogP contribution in [0.5, 0.6) is 0 Å². The fraction of sp³-hybridized carbons (Fsp3) is 0.222. The molecule has 0 radical (unpaired) electrons. The summed E-state index contributed by atoms with van der Waals surface area (Å²) in [6.07, 6.45) is 6.79. The molecule has 14 heavy (non-hydrogen) atoms. The van der Waals surface area contributed by atoms with Gasteiger partial charge in [0.1, 0.15) is 10.7 Å². The molecule has 1 unspecified atom stereocenters. The second-order valence-electron chi connectivity index (χ2n) is 2.95. The Morgan fingerprint density at radius 1 is 1.29 bits per heavy atom. The Balaban J connectivity index is 2.34. The molecule has 5 heteroatoms. The van der Waals surface area contributed by atoms with E-state index in [0.29, 0.717) is 0 Å². The lowest BCUT2D eigenvalue weighted by atomic mass is 10.3. The first kappa shape index (κ1) is 9.23. The average Bonchev–Trinajstić information content (AvgIpc) is 2.68. The monoisotopic (exact) mass is 206 g/mol. The summed E-state index contributed by atoms with van der Waals surface area (Å²) in [7, 11) is 0. The van der Waals surface area contributed by atoms with Crippen LogP contribution in [-0.4, -0.2) is 15.0 Å². The smallest absolute Gasteiger partial charge is 0.143 e. The maximum absolute atomic E-state index is 5.74. The van der Waals surface area contributed by atoms with Crippen LogP contribution in [0.1, 0.15) is 17.8 Å². The lowest BCUT2D eigenvalue weighted by molar-refractivity contribution is 0.835. The molecule has 2 N–H and O–H groups in total. The zero-order chi connectivity index (χ0) is 9.97. The summed E-state index contributed by atoms with van der Waals surface area (Å²) in [6, 6.07) is 0.0259. The van der Waals surface area contributed by atoms with Crippen molar-refractivity contribution in [2.75, 3.05) is 0 Å². The summed E-state index contributed by atoms with van der Waals surface area (Å²) in [5.74, 6) is 0. The van der Waals surface area contributed by atoms with E-state index in [9.17, 15) is 0 Å². The number of hydrogen-bond donors (Lipinski definition) is 1. The van der Waals surface area contributed by atoms with E-state index >= 15 is 0 Å². The molecule has 2 aromatic rings. The Kier molecular flexibility index (Phi) is 2.51. The number of nitrogens with two attached hydrogens (primary N) is 1. The van der Waals surface area contributed by atoms with Crippen LogP contribution >= 0.6 is 11.3 Å². The van der Waals surface area contributed by atoms with Gasteiger partial charge in [-0.3, -0.25) is 9.97 Å². The van der Waals surface area contributed by atoms with Gasteiger partial charge in [-0.2, -0.15) is 0 Å². The molecule has 2 aromatic heterocycles. The van der Waals surface area contributed by atoms with Gasteiger partial charge in [0.2, 0.25) is 0 Å². The molecular weight excluding hydrogens is 196 g/mol. The molecule has 0 saturated carbocycles. The predicted molar refractivity (Wildman–Crippen MR) is 55.7 cm³/mol. The third kappa shape index (κ3) is 1.78. The zero-order valence-corrected chi connectivity index (χ0v) is 8.53. The van der Waals surface area contributed by atoms with E-state index in [0.717, 1.165) is 15.6 Å². The number of hydrogen-bond acceptors (Lipinski definition) is 5. The van der Waals surface area contributed by atoms with Gasteiger partial charge in [0, 0.05) is 29.5 Å². The van der Waals surface area contributed by atoms with Crippen LogP contribution in [0.2, 0.25) is 0 Å². The Labute approximate surface area is 85.9 Å². The van der Waals surface area contributed by atoms with Crippen molar-refractivity contribution in [3.63, 3.8) is 0 Å². The van der Waals surface area contributed by atoms with Gasteiger partial charge < -0.3 is 5.73 Å². The van der Waals surface area contributed by atoms with E-state index in [4.69, 9.17) is 5.73 Å². The summed E-state index contributed by atoms with van der Waals surface area (Å²) in [4.78, 5) is 13.5. The Bertz CT molecular complexity index is 410. The molecule has 2 rings (SSSR count). The summed E-state index contributed by atoms with van der Waals surface area (Å²) < 4.78 is 0. The first-order valence-electron chi connectivity index (χ1n) is 4.25. The van der Waals surface area contributed by atoms with Crippen molar-refractivity contribution in [1.29, 1.82) is 0 Å². The number of thiazole rings is 1. The van der Waals surface area contributed by atoms with Gasteiger partial charge in [0.05, 0.1) is 6.20 Å². The molecular formula is C9H10N4S. The highest BCUT2D eigenvalue weighted by molar-refractivity contribution is 7.15. The topological polar surface area (TPSA) is 64.7 Å². The summed E-state index contributed by atoms with van der Waals surface area (Å²) in [5.41, 5.74) is 6.54. The summed E-state index contributed by atoms with van der Waals surface area (Å²) in [6.45, 7) is 1.94. The summed E-state index contributed by atoms with van der Waals surface area (Å²) >= 11 is 1.56. The highest BCUT2D eigenvalue weighted by Crippen LogP contribution is 2.25. The molecule has 0 aliphatic rings. The Morgan fingerprint density at radius 2 is 2.14 bits per heavy atom. The van der Waals surface area contributed by atoms with Gasteiger partial charge in [-0.05, 0) is 6.92 Å². The van der Waals surface area contributed by atoms with Crippen LogP contribution in [0.15, 0.2) is 24.8 Å². The van der Waals surface area contributed by atoms with Gasteiger partial charge in [-0.25, -0.2) is 4.98 Å². The molecule has 0 amide bonds. The van der Waals surface area contributed by atoms with Crippen LogP contribution in [0.4, 0.5) is 0 Å². The van der Waals surface area contributed by atoms with E-state index in [1.807, 2.05) is 6.92 Å². The van der Waals surface area contributed by atoms with E-state index < -0.39 is 0 Å². The third-order valence-corrected chi connectivity index (χ3v) is 2.98. The maximum atomic E-state index is 5.74. The molecule has 0 saturated heterocycles. The predicted octanol–water partition coefficient (Wildman–Crippen LogP) is 1.62. The van der Waals surface area contributed by atoms with Gasteiger partial charge in [0.25, 0.3) is 0 Å². The van der Waals surface area contributed by atoms with E-state index in [1.54, 1.807) is 36.1 Å². The highest BCUT2D eigenvalue weighted by Gasteiger charge is 2.07. The molecule has 4 nitrogen and oxygen atoms in total. The van der Waals surface area contributed by atoms with Crippen LogP contribution in [0.25, 0.3) is 10.7 Å². The minimum Gasteiger partial charge on any atom is -0.323 e. The molecule has 0 aliphatic heterocycles. The largest absolute Gasteiger partial charge is 0.323 e. The van der Waals surface area contributed by atoms with Crippen LogP contribution in [0, 0.1) is 0 Å². The first-order chi connectivity index (χ1) is 6.77. The Morgan fingerprint density at radius 3 is 2.71 bits per heavy atom. The molecule has 0 fully saturated rings. The highest BCUT2D eigenvalue weighted by atomic mass is 32.1. The van der Waals surface area contributed by atoms with Gasteiger partial charge in [0.15, 0.2) is 0 Å². The SMILES string of the molecule is CC(N)c1cnc(-c2cnccn2)s1. The van der Waals surface area contributed by atoms with Gasteiger partial charge in [-0.1, -0.05) is 0 Å². The van der Waals surface area contributed by atoms with Crippen LogP contribution in [-0.2, 0) is 0 Å². The first-order valence-corrected chi connectivity index (χ1v) is 5.06. The molecule has 72 valence electrons. The maximum Gasteiger partial charge on any atom is 0.143 e. The lowest BCUT2D eigenvalue weighted by Crippen LogP contribution is -2.01. The van der Waals surface area contributed by atoms with Crippen molar-refractivity contribution < 1.29 is 0 Å². The molecule has 0 aliphatic carbocycles. The zero-order valence-electron chi connectivity index (χ0n) is 7.71. The van der Waals surface area contributed by atoms with E-state index in [1.165, 1.54) is 0 Å². The standard InChI is InChI=1S/C9H10N4S/c1-6(10)8-5-13-9(14-8)7-4-11-2-3-12-7/h2-6H,10H2,1H3. The van der Waals surface area contributed by atoms with Gasteiger partial charge >= 0.3 is 0 Å². The fourth-order valence-electron chi connectivity index (χ4n) is 1.03. The lowest BCUT2D eigenvalue weighted by Gasteiger charge is -1.96. The summed E-state index contributed by atoms with van der Waals surface area (Å²) in [5, 5.41) is 0.866. The second kappa shape index (κ2) is 3.81. The van der Waals surface area contributed by atoms with Crippen LogP contribution < -0.4 is 5.73 Å². The normalized spacial score (nSPS) is 12.7. The number of rotatable bonds is 2. The molecule has 0 aromatic carbocycles. The number of aromatic nitrogens is 3. The van der Waals surface area contributed by atoms with Crippen molar-refractivity contribution in [1.82, 2.24) is 15.0 Å². The molecule has 0 spiro atoms. The fourth-order valence-corrected chi connectivity index (χ4v) is 1.85. The molecule has 2 heterocycles. The molecule has 1 atom stereocenters. The van der Waals surface area contributed by atoms with Crippen molar-refractivity contribution in [3.8, 4) is 10.7 Å². The van der Waals surface area contributed by atoms with Crippen molar-refractivity contribution in [2.24, 2.45) is 5.73 Å². The van der Waals surface area contributed by atoms with Gasteiger partial charge in [-0.15, -0.1) is 11.3 Å². The quantitative estimate of drug-likeness (QED) is 0.811. The van der Waals surface area contributed by atoms with Crippen molar-refractivity contribution in [3.05, 3.63) is 29.7 Å². The Hall–Kier alpha value is -1.33. The second-order valence-corrected chi connectivity index (χ2v) is 4.01. The van der Waals surface area contributed by atoms with Crippen LogP contribution in [0.3, 0.4) is 0 Å². The van der Waals surface area contributed by atoms with E-state index in [-0.39, 0.29) is 6.04 Å². The molecule has 0 bridgehead atoms. The van der Waals surface area contributed by atoms with Crippen molar-refractivity contribution >= 4 is 11.3 Å².